The molecular weight excluding hydrogens is 168 g/mol. The SMILES string of the molecule is COC(=O)C(C)C1CCC(O)CC1. The molecule has 1 aliphatic carbocycles. The molecule has 0 aromatic heterocycles. The highest BCUT2D eigenvalue weighted by atomic mass is 16.5. The summed E-state index contributed by atoms with van der Waals surface area (Å²) in [5, 5.41) is 9.29. The van der Waals surface area contributed by atoms with Crippen LogP contribution in [0.15, 0.2) is 0 Å². The van der Waals surface area contributed by atoms with Crippen molar-refractivity contribution in [2.45, 2.75) is 38.7 Å². The number of ether oxygens (including phenoxy) is 1. The largest absolute Gasteiger partial charge is 0.469 e. The Bertz CT molecular complexity index is 171. The minimum Gasteiger partial charge on any atom is -0.469 e. The van der Waals surface area contributed by atoms with Crippen molar-refractivity contribution in [2.75, 3.05) is 7.11 Å². The van der Waals surface area contributed by atoms with Crippen LogP contribution in [0.3, 0.4) is 0 Å². The predicted octanol–water partition coefficient (Wildman–Crippen LogP) is 1.35. The van der Waals surface area contributed by atoms with Crippen LogP contribution in [0.5, 0.6) is 0 Å². The fourth-order valence-corrected chi connectivity index (χ4v) is 1.98. The number of hydrogen-bond donors (Lipinski definition) is 1. The minimum absolute atomic E-state index is 0.0162. The molecule has 1 atom stereocenters. The second kappa shape index (κ2) is 4.61. The lowest BCUT2D eigenvalue weighted by Crippen LogP contribution is -2.27. The van der Waals surface area contributed by atoms with E-state index in [9.17, 15) is 9.90 Å². The zero-order valence-electron chi connectivity index (χ0n) is 8.32. The van der Waals surface area contributed by atoms with Crippen molar-refractivity contribution < 1.29 is 14.6 Å². The summed E-state index contributed by atoms with van der Waals surface area (Å²) < 4.78 is 4.69. The summed E-state index contributed by atoms with van der Waals surface area (Å²) in [7, 11) is 1.43. The van der Waals surface area contributed by atoms with Gasteiger partial charge < -0.3 is 9.84 Å². The van der Waals surface area contributed by atoms with E-state index in [-0.39, 0.29) is 18.0 Å². The highest BCUT2D eigenvalue weighted by Crippen LogP contribution is 2.30. The van der Waals surface area contributed by atoms with Crippen molar-refractivity contribution in [3.8, 4) is 0 Å². The van der Waals surface area contributed by atoms with Gasteiger partial charge in [-0.25, -0.2) is 0 Å². The number of rotatable bonds is 2. The van der Waals surface area contributed by atoms with E-state index in [0.717, 1.165) is 25.7 Å². The molecule has 1 N–H and O–H groups in total. The van der Waals surface area contributed by atoms with Gasteiger partial charge in [0.25, 0.3) is 0 Å². The van der Waals surface area contributed by atoms with Crippen LogP contribution in [0, 0.1) is 11.8 Å². The Morgan fingerprint density at radius 2 is 1.92 bits per heavy atom. The molecule has 1 aliphatic rings. The first-order chi connectivity index (χ1) is 6.15. The van der Waals surface area contributed by atoms with Gasteiger partial charge in [0.15, 0.2) is 0 Å². The summed E-state index contributed by atoms with van der Waals surface area (Å²) in [6.45, 7) is 1.91. The summed E-state index contributed by atoms with van der Waals surface area (Å²) in [6.07, 6.45) is 3.38. The van der Waals surface area contributed by atoms with E-state index < -0.39 is 0 Å². The Kier molecular flexibility index (Phi) is 3.72. The standard InChI is InChI=1S/C10H18O3/c1-7(10(12)13-2)8-3-5-9(11)6-4-8/h7-9,11H,3-6H2,1-2H3. The molecule has 0 heterocycles. The van der Waals surface area contributed by atoms with Crippen LogP contribution in [0.4, 0.5) is 0 Å². The Morgan fingerprint density at radius 1 is 1.38 bits per heavy atom. The molecule has 3 heteroatoms. The third-order valence-electron chi connectivity index (χ3n) is 3.02. The van der Waals surface area contributed by atoms with Crippen molar-refractivity contribution in [3.63, 3.8) is 0 Å². The molecule has 1 unspecified atom stereocenters. The van der Waals surface area contributed by atoms with Crippen molar-refractivity contribution in [2.24, 2.45) is 11.8 Å². The Balaban J connectivity index is 2.39. The normalized spacial score (nSPS) is 31.0. The summed E-state index contributed by atoms with van der Waals surface area (Å²) >= 11 is 0. The topological polar surface area (TPSA) is 46.5 Å². The van der Waals surface area contributed by atoms with E-state index in [1.54, 1.807) is 0 Å². The third kappa shape index (κ3) is 2.69. The number of esters is 1. The molecule has 3 nitrogen and oxygen atoms in total. The van der Waals surface area contributed by atoms with Gasteiger partial charge in [0, 0.05) is 0 Å². The number of carbonyl (C=O) groups excluding carboxylic acids is 1. The maximum atomic E-state index is 11.2. The maximum absolute atomic E-state index is 11.2. The molecule has 0 spiro atoms. The zero-order chi connectivity index (χ0) is 9.84. The maximum Gasteiger partial charge on any atom is 0.308 e. The fraction of sp³-hybridized carbons (Fsp3) is 0.900. The van der Waals surface area contributed by atoms with E-state index >= 15 is 0 Å². The van der Waals surface area contributed by atoms with E-state index in [2.05, 4.69) is 0 Å². The Hall–Kier alpha value is -0.570. The van der Waals surface area contributed by atoms with Crippen LogP contribution in [0.2, 0.25) is 0 Å². The van der Waals surface area contributed by atoms with Gasteiger partial charge in [0.2, 0.25) is 0 Å². The van der Waals surface area contributed by atoms with E-state index in [4.69, 9.17) is 4.74 Å². The van der Waals surface area contributed by atoms with Gasteiger partial charge in [-0.1, -0.05) is 6.92 Å². The van der Waals surface area contributed by atoms with Crippen LogP contribution < -0.4 is 0 Å². The average Bonchev–Trinajstić information content (AvgIpc) is 2.17. The van der Waals surface area contributed by atoms with Gasteiger partial charge in [0.1, 0.15) is 0 Å². The molecule has 0 aromatic rings. The molecule has 0 amide bonds. The van der Waals surface area contributed by atoms with Gasteiger partial charge in [-0.15, -0.1) is 0 Å². The summed E-state index contributed by atoms with van der Waals surface area (Å²) in [5.74, 6) is 0.259. The number of methoxy groups -OCH3 is 1. The van der Waals surface area contributed by atoms with Gasteiger partial charge in [-0.05, 0) is 31.6 Å². The molecule has 76 valence electrons. The Morgan fingerprint density at radius 3 is 2.38 bits per heavy atom. The lowest BCUT2D eigenvalue weighted by molar-refractivity contribution is -0.147. The highest BCUT2D eigenvalue weighted by Gasteiger charge is 2.28. The number of hydrogen-bond acceptors (Lipinski definition) is 3. The molecule has 1 rings (SSSR count). The van der Waals surface area contributed by atoms with Crippen molar-refractivity contribution in [3.05, 3.63) is 0 Å². The predicted molar refractivity (Wildman–Crippen MR) is 49.1 cm³/mol. The molecular formula is C10H18O3. The lowest BCUT2D eigenvalue weighted by atomic mass is 9.80. The molecule has 1 saturated carbocycles. The van der Waals surface area contributed by atoms with E-state index in [1.165, 1.54) is 7.11 Å². The Labute approximate surface area is 79.1 Å². The van der Waals surface area contributed by atoms with Crippen molar-refractivity contribution >= 4 is 5.97 Å². The van der Waals surface area contributed by atoms with Gasteiger partial charge in [0.05, 0.1) is 19.1 Å². The van der Waals surface area contributed by atoms with Crippen LogP contribution in [0.1, 0.15) is 32.6 Å². The molecule has 13 heavy (non-hydrogen) atoms. The molecule has 0 radical (unpaired) electrons. The zero-order valence-corrected chi connectivity index (χ0v) is 8.32. The smallest absolute Gasteiger partial charge is 0.308 e. The summed E-state index contributed by atoms with van der Waals surface area (Å²) in [4.78, 5) is 11.2. The number of aliphatic hydroxyl groups is 1. The first-order valence-electron chi connectivity index (χ1n) is 4.91. The van der Waals surface area contributed by atoms with E-state index in [1.807, 2.05) is 6.92 Å². The molecule has 1 fully saturated rings. The number of aliphatic hydroxyl groups excluding tert-OH is 1. The second-order valence-electron chi connectivity index (χ2n) is 3.88. The van der Waals surface area contributed by atoms with Gasteiger partial charge in [-0.2, -0.15) is 0 Å². The monoisotopic (exact) mass is 186 g/mol. The van der Waals surface area contributed by atoms with Crippen molar-refractivity contribution in [1.29, 1.82) is 0 Å². The molecule has 0 aliphatic heterocycles. The highest BCUT2D eigenvalue weighted by molar-refractivity contribution is 5.72. The molecule has 0 bridgehead atoms. The molecule has 0 saturated heterocycles. The summed E-state index contributed by atoms with van der Waals surface area (Å²) in [6, 6.07) is 0. The number of carbonyl (C=O) groups is 1. The van der Waals surface area contributed by atoms with Crippen LogP contribution in [-0.2, 0) is 9.53 Å². The summed E-state index contributed by atoms with van der Waals surface area (Å²) in [5.41, 5.74) is 0. The second-order valence-corrected chi connectivity index (χ2v) is 3.88. The van der Waals surface area contributed by atoms with Gasteiger partial charge >= 0.3 is 5.97 Å². The molecule has 0 aromatic carbocycles. The van der Waals surface area contributed by atoms with Crippen LogP contribution >= 0.6 is 0 Å². The van der Waals surface area contributed by atoms with Crippen LogP contribution in [0.25, 0.3) is 0 Å². The average molecular weight is 186 g/mol. The fourth-order valence-electron chi connectivity index (χ4n) is 1.98. The lowest BCUT2D eigenvalue weighted by Gasteiger charge is -2.28. The first kappa shape index (κ1) is 10.5. The third-order valence-corrected chi connectivity index (χ3v) is 3.02. The van der Waals surface area contributed by atoms with E-state index in [0.29, 0.717) is 5.92 Å². The quantitative estimate of drug-likeness (QED) is 0.662. The minimum atomic E-state index is -0.152. The van der Waals surface area contributed by atoms with Crippen molar-refractivity contribution in [1.82, 2.24) is 0 Å². The first-order valence-corrected chi connectivity index (χ1v) is 4.91. The van der Waals surface area contributed by atoms with Crippen LogP contribution in [-0.4, -0.2) is 24.3 Å². The van der Waals surface area contributed by atoms with Gasteiger partial charge in [-0.3, -0.25) is 4.79 Å².